The number of rotatable bonds is 5. The summed E-state index contributed by atoms with van der Waals surface area (Å²) >= 11 is 0. The van der Waals surface area contributed by atoms with Crippen LogP contribution >= 0.6 is 0 Å². The molecule has 0 bridgehead atoms. The molecule has 0 saturated heterocycles. The highest BCUT2D eigenvalue weighted by atomic mass is 15.1. The minimum absolute atomic E-state index is 0.682. The molecule has 1 aromatic heterocycles. The molecule has 1 aliphatic rings. The van der Waals surface area contributed by atoms with Gasteiger partial charge < -0.3 is 9.88 Å². The molecule has 1 aromatic rings. The summed E-state index contributed by atoms with van der Waals surface area (Å²) < 4.78 is 2.21. The lowest BCUT2D eigenvalue weighted by atomic mass is 9.93. The van der Waals surface area contributed by atoms with Gasteiger partial charge >= 0.3 is 0 Å². The predicted molar refractivity (Wildman–Crippen MR) is 70.7 cm³/mol. The second kappa shape index (κ2) is 5.67. The molecule has 0 amide bonds. The molecule has 3 nitrogen and oxygen atoms in total. The summed E-state index contributed by atoms with van der Waals surface area (Å²) in [5, 5.41) is 3.69. The first-order valence-electron chi connectivity index (χ1n) is 6.99. The maximum absolute atomic E-state index is 4.41. The first kappa shape index (κ1) is 12.6. The van der Waals surface area contributed by atoms with Crippen LogP contribution in [0.2, 0.25) is 0 Å². The second-order valence-electron chi connectivity index (χ2n) is 5.22. The number of nitrogens with zero attached hydrogens (tertiary/aromatic N) is 2. The Bertz CT molecular complexity index is 345. The van der Waals surface area contributed by atoms with E-state index in [0.717, 1.165) is 24.9 Å². The maximum Gasteiger partial charge on any atom is 0.122 e. The second-order valence-corrected chi connectivity index (χ2v) is 5.22. The van der Waals surface area contributed by atoms with Crippen molar-refractivity contribution in [3.63, 3.8) is 0 Å². The minimum Gasteiger partial charge on any atom is -0.334 e. The topological polar surface area (TPSA) is 29.9 Å². The molecule has 1 fully saturated rings. The Morgan fingerprint density at radius 2 is 2.24 bits per heavy atom. The molecule has 3 heteroatoms. The molecule has 1 aliphatic carbocycles. The van der Waals surface area contributed by atoms with Crippen LogP contribution in [-0.2, 0) is 13.1 Å². The summed E-state index contributed by atoms with van der Waals surface area (Å²) in [5.74, 6) is 2.89. The van der Waals surface area contributed by atoms with Gasteiger partial charge in [-0.2, -0.15) is 0 Å². The molecule has 0 radical (unpaired) electrons. The van der Waals surface area contributed by atoms with Gasteiger partial charge in [0.1, 0.15) is 5.82 Å². The Labute approximate surface area is 105 Å². The van der Waals surface area contributed by atoms with Crippen molar-refractivity contribution in [3.05, 3.63) is 18.2 Å². The molecular formula is C14H25N3. The van der Waals surface area contributed by atoms with E-state index in [1.807, 2.05) is 6.20 Å². The summed E-state index contributed by atoms with van der Waals surface area (Å²) in [6.07, 6.45) is 7.99. The van der Waals surface area contributed by atoms with Crippen LogP contribution < -0.4 is 5.32 Å². The summed E-state index contributed by atoms with van der Waals surface area (Å²) in [7, 11) is 0. The van der Waals surface area contributed by atoms with E-state index in [4.69, 9.17) is 0 Å². The van der Waals surface area contributed by atoms with Crippen LogP contribution in [0.15, 0.2) is 12.4 Å². The van der Waals surface area contributed by atoms with Gasteiger partial charge in [-0.3, -0.25) is 0 Å². The average Bonchev–Trinajstić information content (AvgIpc) is 2.93. The lowest BCUT2D eigenvalue weighted by Gasteiger charge is -2.21. The molecule has 1 saturated carbocycles. The van der Waals surface area contributed by atoms with Crippen molar-refractivity contribution in [2.75, 3.05) is 0 Å². The molecule has 0 spiro atoms. The fraction of sp³-hybridized carbons (Fsp3) is 0.786. The van der Waals surface area contributed by atoms with E-state index in [2.05, 4.69) is 41.8 Å². The number of hydrogen-bond donors (Lipinski definition) is 1. The summed E-state index contributed by atoms with van der Waals surface area (Å²) in [5.41, 5.74) is 0. The quantitative estimate of drug-likeness (QED) is 0.850. The third-order valence-corrected chi connectivity index (χ3v) is 4.42. The largest absolute Gasteiger partial charge is 0.334 e. The van der Waals surface area contributed by atoms with Crippen molar-refractivity contribution in [2.45, 2.75) is 59.2 Å². The van der Waals surface area contributed by atoms with Gasteiger partial charge in [0.2, 0.25) is 0 Å². The zero-order valence-corrected chi connectivity index (χ0v) is 11.3. The molecule has 2 rings (SSSR count). The van der Waals surface area contributed by atoms with E-state index in [1.54, 1.807) is 0 Å². The van der Waals surface area contributed by atoms with E-state index >= 15 is 0 Å². The van der Waals surface area contributed by atoms with Crippen LogP contribution in [0.5, 0.6) is 0 Å². The number of hydrogen-bond acceptors (Lipinski definition) is 2. The average molecular weight is 235 g/mol. The van der Waals surface area contributed by atoms with Gasteiger partial charge in [-0.1, -0.05) is 20.3 Å². The highest BCUT2D eigenvalue weighted by Crippen LogP contribution is 2.33. The number of aromatic nitrogens is 2. The Hall–Kier alpha value is -0.830. The van der Waals surface area contributed by atoms with Crippen LogP contribution in [0.25, 0.3) is 0 Å². The summed E-state index contributed by atoms with van der Waals surface area (Å²) in [6.45, 7) is 8.79. The fourth-order valence-electron chi connectivity index (χ4n) is 3.13. The van der Waals surface area contributed by atoms with E-state index in [9.17, 15) is 0 Å². The number of imidazole rings is 1. The number of nitrogens with one attached hydrogen (secondary N) is 1. The van der Waals surface area contributed by atoms with Crippen LogP contribution in [0.3, 0.4) is 0 Å². The molecule has 3 atom stereocenters. The molecule has 96 valence electrons. The molecule has 0 aliphatic heterocycles. The summed E-state index contributed by atoms with van der Waals surface area (Å²) in [4.78, 5) is 4.41. The van der Waals surface area contributed by atoms with Crippen molar-refractivity contribution in [3.8, 4) is 0 Å². The van der Waals surface area contributed by atoms with Crippen LogP contribution in [0.1, 0.15) is 45.9 Å². The molecule has 3 unspecified atom stereocenters. The highest BCUT2D eigenvalue weighted by Gasteiger charge is 2.31. The zero-order valence-electron chi connectivity index (χ0n) is 11.3. The minimum atomic E-state index is 0.682. The third kappa shape index (κ3) is 2.71. The molecule has 1 N–H and O–H groups in total. The van der Waals surface area contributed by atoms with Gasteiger partial charge in [0.05, 0.1) is 6.54 Å². The zero-order chi connectivity index (χ0) is 12.3. The molecule has 0 aromatic carbocycles. The van der Waals surface area contributed by atoms with Crippen molar-refractivity contribution in [1.29, 1.82) is 0 Å². The summed E-state index contributed by atoms with van der Waals surface area (Å²) in [6, 6.07) is 0.682. The Morgan fingerprint density at radius 1 is 1.41 bits per heavy atom. The molecular weight excluding hydrogens is 210 g/mol. The Balaban J connectivity index is 1.87. The first-order chi connectivity index (χ1) is 8.26. The van der Waals surface area contributed by atoms with E-state index < -0.39 is 0 Å². The maximum atomic E-state index is 4.41. The SMILES string of the molecule is CCC1CCC(NCc2nccn2CC)C1C. The van der Waals surface area contributed by atoms with Gasteiger partial charge in [0, 0.05) is 25.0 Å². The lowest BCUT2D eigenvalue weighted by Crippen LogP contribution is -2.33. The van der Waals surface area contributed by atoms with Crippen LogP contribution in [-0.4, -0.2) is 15.6 Å². The van der Waals surface area contributed by atoms with E-state index in [-0.39, 0.29) is 0 Å². The van der Waals surface area contributed by atoms with Gasteiger partial charge in [-0.05, 0) is 31.6 Å². The lowest BCUT2D eigenvalue weighted by molar-refractivity contribution is 0.341. The molecule has 17 heavy (non-hydrogen) atoms. The van der Waals surface area contributed by atoms with E-state index in [0.29, 0.717) is 6.04 Å². The first-order valence-corrected chi connectivity index (χ1v) is 6.99. The molecule has 1 heterocycles. The Morgan fingerprint density at radius 3 is 2.88 bits per heavy atom. The highest BCUT2D eigenvalue weighted by molar-refractivity contribution is 4.94. The monoisotopic (exact) mass is 235 g/mol. The van der Waals surface area contributed by atoms with Gasteiger partial charge in [0.25, 0.3) is 0 Å². The van der Waals surface area contributed by atoms with E-state index in [1.165, 1.54) is 25.1 Å². The van der Waals surface area contributed by atoms with Crippen molar-refractivity contribution in [1.82, 2.24) is 14.9 Å². The van der Waals surface area contributed by atoms with Gasteiger partial charge in [-0.15, -0.1) is 0 Å². The van der Waals surface area contributed by atoms with Crippen molar-refractivity contribution < 1.29 is 0 Å². The van der Waals surface area contributed by atoms with Gasteiger partial charge in [0.15, 0.2) is 0 Å². The fourth-order valence-corrected chi connectivity index (χ4v) is 3.13. The predicted octanol–water partition coefficient (Wildman–Crippen LogP) is 2.82. The van der Waals surface area contributed by atoms with Crippen molar-refractivity contribution >= 4 is 0 Å². The van der Waals surface area contributed by atoms with Crippen LogP contribution in [0, 0.1) is 11.8 Å². The standard InChI is InChI=1S/C14H25N3/c1-4-12-6-7-13(11(12)3)16-10-14-15-8-9-17(14)5-2/h8-9,11-13,16H,4-7,10H2,1-3H3. The third-order valence-electron chi connectivity index (χ3n) is 4.42. The normalized spacial score (nSPS) is 28.8. The number of aryl methyl sites for hydroxylation is 1. The Kier molecular flexibility index (Phi) is 4.21. The van der Waals surface area contributed by atoms with Crippen LogP contribution in [0.4, 0.5) is 0 Å². The van der Waals surface area contributed by atoms with Crippen molar-refractivity contribution in [2.24, 2.45) is 11.8 Å². The van der Waals surface area contributed by atoms with Gasteiger partial charge in [-0.25, -0.2) is 4.98 Å². The smallest absolute Gasteiger partial charge is 0.122 e.